The number of carbonyl (C=O) groups is 1. The Kier molecular flexibility index (Phi) is 6.07. The number of sulfonamides is 1. The quantitative estimate of drug-likeness (QED) is 0.635. The van der Waals surface area contributed by atoms with E-state index in [4.69, 9.17) is 4.74 Å². The number of ether oxygens (including phenoxy) is 1. The van der Waals surface area contributed by atoms with Crippen LogP contribution in [-0.2, 0) is 10.0 Å². The Bertz CT molecular complexity index is 1130. The zero-order valence-electron chi connectivity index (χ0n) is 16.6. The number of carbonyl (C=O) groups excluding carboxylic acids is 1. The molecule has 0 bridgehead atoms. The molecule has 2 aromatic carbocycles. The zero-order valence-corrected chi connectivity index (χ0v) is 18.2. The van der Waals surface area contributed by atoms with Gasteiger partial charge < -0.3 is 10.1 Å². The lowest BCUT2D eigenvalue weighted by Crippen LogP contribution is -2.22. The van der Waals surface area contributed by atoms with Crippen molar-refractivity contribution in [2.75, 3.05) is 26.5 Å². The molecule has 152 valence electrons. The van der Waals surface area contributed by atoms with Gasteiger partial charge in [-0.15, -0.1) is 11.3 Å². The molecule has 0 aliphatic carbocycles. The van der Waals surface area contributed by atoms with Crippen LogP contribution < -0.4 is 10.1 Å². The summed E-state index contributed by atoms with van der Waals surface area (Å²) in [6.07, 6.45) is 0. The molecule has 1 aromatic heterocycles. The smallest absolute Gasteiger partial charge is 0.266 e. The van der Waals surface area contributed by atoms with Gasteiger partial charge >= 0.3 is 0 Å². The first-order valence-electron chi connectivity index (χ1n) is 8.80. The minimum Gasteiger partial charge on any atom is -0.495 e. The van der Waals surface area contributed by atoms with Gasteiger partial charge in [0.25, 0.3) is 5.91 Å². The molecule has 6 nitrogen and oxygen atoms in total. The number of amides is 1. The van der Waals surface area contributed by atoms with Crippen LogP contribution in [0.5, 0.6) is 5.75 Å². The number of anilines is 1. The lowest BCUT2D eigenvalue weighted by molar-refractivity contribution is 0.103. The van der Waals surface area contributed by atoms with Crippen molar-refractivity contribution >= 4 is 33.0 Å². The maximum absolute atomic E-state index is 13.0. The van der Waals surface area contributed by atoms with E-state index in [1.54, 1.807) is 0 Å². The topological polar surface area (TPSA) is 75.7 Å². The van der Waals surface area contributed by atoms with Gasteiger partial charge in [-0.05, 0) is 42.1 Å². The number of aryl methyl sites for hydroxylation is 1. The fourth-order valence-corrected chi connectivity index (χ4v) is 4.52. The highest BCUT2D eigenvalue weighted by Crippen LogP contribution is 2.32. The zero-order chi connectivity index (χ0) is 21.2. The van der Waals surface area contributed by atoms with Crippen molar-refractivity contribution in [1.82, 2.24) is 4.31 Å². The van der Waals surface area contributed by atoms with Crippen LogP contribution >= 0.6 is 11.3 Å². The second-order valence-corrected chi connectivity index (χ2v) is 9.70. The molecule has 1 heterocycles. The van der Waals surface area contributed by atoms with E-state index in [1.165, 1.54) is 50.7 Å². The average molecular weight is 431 g/mol. The molecule has 1 amide bonds. The molecule has 1 N–H and O–H groups in total. The lowest BCUT2D eigenvalue weighted by Gasteiger charge is -2.15. The highest BCUT2D eigenvalue weighted by molar-refractivity contribution is 7.89. The van der Waals surface area contributed by atoms with Gasteiger partial charge in [-0.3, -0.25) is 4.79 Å². The van der Waals surface area contributed by atoms with Gasteiger partial charge in [0, 0.05) is 19.7 Å². The molecule has 3 aromatic rings. The van der Waals surface area contributed by atoms with Crippen molar-refractivity contribution in [2.45, 2.75) is 11.8 Å². The Hall–Kier alpha value is -2.68. The molecule has 29 heavy (non-hydrogen) atoms. The number of nitrogens with zero attached hydrogens (tertiary/aromatic N) is 1. The number of benzene rings is 2. The Morgan fingerprint density at radius 2 is 1.76 bits per heavy atom. The summed E-state index contributed by atoms with van der Waals surface area (Å²) in [5.74, 6) is 0.0535. The van der Waals surface area contributed by atoms with Crippen LogP contribution in [0.25, 0.3) is 11.1 Å². The number of rotatable bonds is 6. The molecule has 0 fully saturated rings. The Morgan fingerprint density at radius 3 is 2.38 bits per heavy atom. The number of hydrogen-bond donors (Lipinski definition) is 1. The van der Waals surface area contributed by atoms with E-state index < -0.39 is 10.0 Å². The third-order valence-corrected chi connectivity index (χ3v) is 7.16. The van der Waals surface area contributed by atoms with Gasteiger partial charge in [-0.2, -0.15) is 0 Å². The van der Waals surface area contributed by atoms with Crippen LogP contribution in [0.2, 0.25) is 0 Å². The predicted octanol–water partition coefficient (Wildman–Crippen LogP) is 4.23. The van der Waals surface area contributed by atoms with Crippen LogP contribution in [-0.4, -0.2) is 39.8 Å². The Morgan fingerprint density at radius 1 is 1.07 bits per heavy atom. The highest BCUT2D eigenvalue weighted by Gasteiger charge is 2.21. The van der Waals surface area contributed by atoms with Gasteiger partial charge in [0.15, 0.2) is 0 Å². The largest absolute Gasteiger partial charge is 0.495 e. The van der Waals surface area contributed by atoms with Crippen molar-refractivity contribution in [3.05, 3.63) is 64.4 Å². The lowest BCUT2D eigenvalue weighted by atomic mass is 10.0. The number of nitrogens with one attached hydrogen (secondary N) is 1. The first-order valence-corrected chi connectivity index (χ1v) is 11.1. The van der Waals surface area contributed by atoms with Crippen LogP contribution in [0.1, 0.15) is 15.2 Å². The molecule has 0 aliphatic heterocycles. The van der Waals surface area contributed by atoms with Crippen LogP contribution in [0, 0.1) is 6.92 Å². The van der Waals surface area contributed by atoms with E-state index in [0.717, 1.165) is 21.0 Å². The number of thiophene rings is 1. The summed E-state index contributed by atoms with van der Waals surface area (Å²) in [5.41, 5.74) is 3.20. The number of hydrogen-bond acceptors (Lipinski definition) is 5. The van der Waals surface area contributed by atoms with Crippen molar-refractivity contribution in [1.29, 1.82) is 0 Å². The molecule has 8 heteroatoms. The monoisotopic (exact) mass is 430 g/mol. The highest BCUT2D eigenvalue weighted by atomic mass is 32.2. The molecule has 3 rings (SSSR count). The standard InChI is InChI=1S/C21H22N2O4S2/c1-14-5-7-15(8-6-14)17-11-12-28-20(17)21(24)22-18-13-16(9-10-19(18)27-4)29(25,26)23(2)3/h5-13H,1-4H3,(H,22,24). The second kappa shape index (κ2) is 8.36. The van der Waals surface area contributed by atoms with Gasteiger partial charge in [0.1, 0.15) is 5.75 Å². The fourth-order valence-electron chi connectivity index (χ4n) is 2.78. The fraction of sp³-hybridized carbons (Fsp3) is 0.190. The summed E-state index contributed by atoms with van der Waals surface area (Å²) in [6.45, 7) is 2.01. The molecular formula is C21H22N2O4S2. The molecule has 0 saturated carbocycles. The average Bonchev–Trinajstić information content (AvgIpc) is 3.18. The molecule has 0 atom stereocenters. The summed E-state index contributed by atoms with van der Waals surface area (Å²) in [5, 5.41) is 4.66. The second-order valence-electron chi connectivity index (χ2n) is 6.63. The third kappa shape index (κ3) is 4.34. The van der Waals surface area contributed by atoms with Crippen LogP contribution in [0.15, 0.2) is 58.8 Å². The van der Waals surface area contributed by atoms with E-state index in [-0.39, 0.29) is 10.8 Å². The van der Waals surface area contributed by atoms with Crippen molar-refractivity contribution in [3.63, 3.8) is 0 Å². The third-order valence-electron chi connectivity index (χ3n) is 4.43. The van der Waals surface area contributed by atoms with Crippen LogP contribution in [0.3, 0.4) is 0 Å². The summed E-state index contributed by atoms with van der Waals surface area (Å²) >= 11 is 1.32. The maximum atomic E-state index is 13.0. The molecule has 0 aliphatic rings. The normalized spacial score (nSPS) is 11.5. The minimum absolute atomic E-state index is 0.0727. The van der Waals surface area contributed by atoms with Gasteiger partial charge in [0.05, 0.1) is 22.6 Å². The molecular weight excluding hydrogens is 408 g/mol. The summed E-state index contributed by atoms with van der Waals surface area (Å²) in [7, 11) is 0.737. The van der Waals surface area contributed by atoms with Crippen LogP contribution in [0.4, 0.5) is 5.69 Å². The SMILES string of the molecule is COc1ccc(S(=O)(=O)N(C)C)cc1NC(=O)c1sccc1-c1ccc(C)cc1. The Balaban J connectivity index is 1.96. The van der Waals surface area contributed by atoms with E-state index in [2.05, 4.69) is 5.32 Å². The predicted molar refractivity (Wildman–Crippen MR) is 116 cm³/mol. The Labute approximate surface area is 174 Å². The first kappa shape index (κ1) is 21.0. The molecule has 0 saturated heterocycles. The van der Waals surface area contributed by atoms with E-state index >= 15 is 0 Å². The summed E-state index contributed by atoms with van der Waals surface area (Å²) < 4.78 is 31.3. The van der Waals surface area contributed by atoms with Crippen molar-refractivity contribution in [2.24, 2.45) is 0 Å². The molecule has 0 spiro atoms. The number of methoxy groups -OCH3 is 1. The summed E-state index contributed by atoms with van der Waals surface area (Å²) in [6, 6.07) is 14.2. The molecule has 0 unspecified atom stereocenters. The van der Waals surface area contributed by atoms with E-state index in [0.29, 0.717) is 16.3 Å². The van der Waals surface area contributed by atoms with Gasteiger partial charge in [-0.1, -0.05) is 29.8 Å². The first-order chi connectivity index (χ1) is 13.7. The van der Waals surface area contributed by atoms with Gasteiger partial charge in [-0.25, -0.2) is 12.7 Å². The summed E-state index contributed by atoms with van der Waals surface area (Å²) in [4.78, 5) is 13.6. The van der Waals surface area contributed by atoms with E-state index in [9.17, 15) is 13.2 Å². The van der Waals surface area contributed by atoms with Crippen molar-refractivity contribution < 1.29 is 17.9 Å². The van der Waals surface area contributed by atoms with Crippen molar-refractivity contribution in [3.8, 4) is 16.9 Å². The van der Waals surface area contributed by atoms with Gasteiger partial charge in [0.2, 0.25) is 10.0 Å². The molecule has 0 radical (unpaired) electrons. The van der Waals surface area contributed by atoms with E-state index in [1.807, 2.05) is 42.6 Å². The minimum atomic E-state index is -3.64. The maximum Gasteiger partial charge on any atom is 0.266 e.